The summed E-state index contributed by atoms with van der Waals surface area (Å²) in [6, 6.07) is 14.2. The van der Waals surface area contributed by atoms with Crippen molar-refractivity contribution in [3.63, 3.8) is 0 Å². The number of halogens is 1. The van der Waals surface area contributed by atoms with Gasteiger partial charge in [-0.15, -0.1) is 0 Å². The zero-order chi connectivity index (χ0) is 17.5. The second-order valence-corrected chi connectivity index (χ2v) is 5.39. The van der Waals surface area contributed by atoms with Crippen molar-refractivity contribution in [3.8, 4) is 0 Å². The summed E-state index contributed by atoms with van der Waals surface area (Å²) in [5.74, 6) is -0.803. The number of hydrogen-bond donors (Lipinski definition) is 2. The highest BCUT2D eigenvalue weighted by Gasteiger charge is 2.26. The van der Waals surface area contributed by atoms with Gasteiger partial charge in [-0.2, -0.15) is 0 Å². The first-order valence-electron chi connectivity index (χ1n) is 7.54. The van der Waals surface area contributed by atoms with Crippen LogP contribution in [0.3, 0.4) is 0 Å². The van der Waals surface area contributed by atoms with E-state index in [0.717, 1.165) is 5.56 Å². The summed E-state index contributed by atoms with van der Waals surface area (Å²) in [5, 5.41) is 4.64. The maximum absolute atomic E-state index is 13.9. The van der Waals surface area contributed by atoms with Crippen molar-refractivity contribution in [1.82, 2.24) is 15.5 Å². The zero-order valence-electron chi connectivity index (χ0n) is 13.6. The lowest BCUT2D eigenvalue weighted by atomic mass is 10.0. The first-order chi connectivity index (χ1) is 11.5. The molecule has 2 rings (SSSR count). The van der Waals surface area contributed by atoms with E-state index in [-0.39, 0.29) is 12.4 Å². The summed E-state index contributed by atoms with van der Waals surface area (Å²) >= 11 is 0. The molecule has 126 valence electrons. The van der Waals surface area contributed by atoms with E-state index in [0.29, 0.717) is 5.56 Å². The molecular formula is C18H20FN3O2. The molecule has 0 saturated carbocycles. The first-order valence-corrected chi connectivity index (χ1v) is 7.54. The van der Waals surface area contributed by atoms with Gasteiger partial charge in [0.1, 0.15) is 11.9 Å². The van der Waals surface area contributed by atoms with E-state index in [4.69, 9.17) is 0 Å². The van der Waals surface area contributed by atoms with Crippen LogP contribution in [0.15, 0.2) is 54.6 Å². The molecule has 1 atom stereocenters. The molecule has 6 heteroatoms. The Morgan fingerprint density at radius 1 is 1.08 bits per heavy atom. The molecule has 0 bridgehead atoms. The van der Waals surface area contributed by atoms with Gasteiger partial charge in [-0.1, -0.05) is 48.5 Å². The van der Waals surface area contributed by atoms with Gasteiger partial charge in [-0.05, 0) is 18.7 Å². The van der Waals surface area contributed by atoms with E-state index >= 15 is 0 Å². The Morgan fingerprint density at radius 3 is 2.33 bits per heavy atom. The lowest BCUT2D eigenvalue weighted by Crippen LogP contribution is -2.44. The third kappa shape index (κ3) is 4.39. The highest BCUT2D eigenvalue weighted by molar-refractivity contribution is 5.97. The van der Waals surface area contributed by atoms with Crippen molar-refractivity contribution < 1.29 is 14.0 Å². The van der Waals surface area contributed by atoms with Crippen LogP contribution in [-0.2, 0) is 11.3 Å². The minimum Gasteiger partial charge on any atom is -0.341 e. The Morgan fingerprint density at radius 2 is 1.71 bits per heavy atom. The maximum atomic E-state index is 13.9. The fourth-order valence-corrected chi connectivity index (χ4v) is 2.47. The van der Waals surface area contributed by atoms with Gasteiger partial charge in [-0.3, -0.25) is 15.0 Å². The Hall–Kier alpha value is -2.73. The van der Waals surface area contributed by atoms with Crippen LogP contribution >= 0.6 is 0 Å². The molecular weight excluding hydrogens is 309 g/mol. The zero-order valence-corrected chi connectivity index (χ0v) is 13.6. The third-order valence-electron chi connectivity index (χ3n) is 3.65. The average molecular weight is 329 g/mol. The second-order valence-electron chi connectivity index (χ2n) is 5.39. The van der Waals surface area contributed by atoms with E-state index in [1.54, 1.807) is 42.3 Å². The average Bonchev–Trinajstić information content (AvgIpc) is 2.58. The summed E-state index contributed by atoms with van der Waals surface area (Å²) in [6.07, 6.45) is 0. The molecule has 24 heavy (non-hydrogen) atoms. The van der Waals surface area contributed by atoms with Crippen LogP contribution in [0.5, 0.6) is 0 Å². The summed E-state index contributed by atoms with van der Waals surface area (Å²) in [5.41, 5.74) is 1.20. The molecule has 3 amide bonds. The topological polar surface area (TPSA) is 61.4 Å². The Labute approximate surface area is 140 Å². The van der Waals surface area contributed by atoms with Crippen molar-refractivity contribution in [2.45, 2.75) is 12.6 Å². The number of carbonyl (C=O) groups is 2. The van der Waals surface area contributed by atoms with Crippen LogP contribution in [0.2, 0.25) is 0 Å². The number of likely N-dealkylation sites (N-methyl/N-ethyl adjacent to an activating group) is 1. The van der Waals surface area contributed by atoms with Gasteiger partial charge >= 0.3 is 6.03 Å². The summed E-state index contributed by atoms with van der Waals surface area (Å²) in [6.45, 7) is 0.230. The number of amides is 3. The van der Waals surface area contributed by atoms with E-state index in [2.05, 4.69) is 10.6 Å². The lowest BCUT2D eigenvalue weighted by molar-refractivity contribution is -0.125. The van der Waals surface area contributed by atoms with Crippen molar-refractivity contribution in [1.29, 1.82) is 0 Å². The highest BCUT2D eigenvalue weighted by Crippen LogP contribution is 2.22. The summed E-state index contributed by atoms with van der Waals surface area (Å²) < 4.78 is 13.9. The van der Waals surface area contributed by atoms with Crippen LogP contribution in [0.4, 0.5) is 9.18 Å². The monoisotopic (exact) mass is 329 g/mol. The minimum absolute atomic E-state index is 0.230. The Balaban J connectivity index is 2.26. The van der Waals surface area contributed by atoms with E-state index in [9.17, 15) is 14.0 Å². The van der Waals surface area contributed by atoms with Crippen molar-refractivity contribution in [3.05, 3.63) is 71.5 Å². The number of imide groups is 1. The number of carbonyl (C=O) groups excluding carboxylic acids is 2. The molecule has 0 saturated heterocycles. The van der Waals surface area contributed by atoms with Gasteiger partial charge in [0.15, 0.2) is 0 Å². The number of nitrogens with one attached hydrogen (secondary N) is 2. The molecule has 0 aromatic heterocycles. The first kappa shape index (κ1) is 17.6. The van der Waals surface area contributed by atoms with Gasteiger partial charge in [-0.25, -0.2) is 9.18 Å². The van der Waals surface area contributed by atoms with E-state index < -0.39 is 18.0 Å². The summed E-state index contributed by atoms with van der Waals surface area (Å²) in [4.78, 5) is 25.7. The number of urea groups is 1. The number of benzene rings is 2. The third-order valence-corrected chi connectivity index (χ3v) is 3.65. The van der Waals surface area contributed by atoms with Gasteiger partial charge in [0.05, 0.1) is 0 Å². The van der Waals surface area contributed by atoms with Crippen molar-refractivity contribution in [2.75, 3.05) is 14.1 Å². The SMILES string of the molecule is CNC(=O)NC(=O)C(c1ccccc1)N(C)Cc1ccccc1F. The maximum Gasteiger partial charge on any atom is 0.321 e. The fraction of sp³-hybridized carbons (Fsp3) is 0.222. The molecule has 0 fully saturated rings. The molecule has 5 nitrogen and oxygen atoms in total. The van der Waals surface area contributed by atoms with Crippen LogP contribution in [0.1, 0.15) is 17.2 Å². The number of rotatable bonds is 5. The molecule has 0 aliphatic heterocycles. The normalized spacial score (nSPS) is 11.8. The molecule has 0 aliphatic rings. The second kappa shape index (κ2) is 8.21. The number of hydrogen-bond acceptors (Lipinski definition) is 3. The Kier molecular flexibility index (Phi) is 6.03. The van der Waals surface area contributed by atoms with Crippen molar-refractivity contribution >= 4 is 11.9 Å². The van der Waals surface area contributed by atoms with E-state index in [1.807, 2.05) is 18.2 Å². The van der Waals surface area contributed by atoms with Crippen LogP contribution in [0.25, 0.3) is 0 Å². The number of nitrogens with zero attached hydrogens (tertiary/aromatic N) is 1. The van der Waals surface area contributed by atoms with Gasteiger partial charge < -0.3 is 5.32 Å². The van der Waals surface area contributed by atoms with Crippen molar-refractivity contribution in [2.24, 2.45) is 0 Å². The highest BCUT2D eigenvalue weighted by atomic mass is 19.1. The van der Waals surface area contributed by atoms with Crippen LogP contribution in [-0.4, -0.2) is 30.9 Å². The van der Waals surface area contributed by atoms with E-state index in [1.165, 1.54) is 13.1 Å². The predicted molar refractivity (Wildman–Crippen MR) is 89.6 cm³/mol. The molecule has 0 aliphatic carbocycles. The predicted octanol–water partition coefficient (Wildman–Crippen LogP) is 2.45. The van der Waals surface area contributed by atoms with Gasteiger partial charge in [0.25, 0.3) is 0 Å². The summed E-state index contributed by atoms with van der Waals surface area (Å²) in [7, 11) is 3.15. The molecule has 2 aromatic rings. The largest absolute Gasteiger partial charge is 0.341 e. The molecule has 0 heterocycles. The van der Waals surface area contributed by atoms with Gasteiger partial charge in [0.2, 0.25) is 5.91 Å². The quantitative estimate of drug-likeness (QED) is 0.886. The standard InChI is InChI=1S/C18H20FN3O2/c1-20-18(24)21-17(23)16(13-8-4-3-5-9-13)22(2)12-14-10-6-7-11-15(14)19/h3-11,16H,12H2,1-2H3,(H2,20,21,23,24). The molecule has 0 spiro atoms. The lowest BCUT2D eigenvalue weighted by Gasteiger charge is -2.27. The van der Waals surface area contributed by atoms with Crippen LogP contribution in [0, 0.1) is 5.82 Å². The smallest absolute Gasteiger partial charge is 0.321 e. The molecule has 2 aromatic carbocycles. The fourth-order valence-electron chi connectivity index (χ4n) is 2.47. The molecule has 1 unspecified atom stereocenters. The minimum atomic E-state index is -0.719. The van der Waals surface area contributed by atoms with Gasteiger partial charge in [0, 0.05) is 19.2 Å². The Bertz CT molecular complexity index is 706. The molecule has 0 radical (unpaired) electrons. The van der Waals surface area contributed by atoms with Crippen LogP contribution < -0.4 is 10.6 Å². The molecule has 2 N–H and O–H groups in total.